The molecule has 8 heteroatoms. The van der Waals surface area contributed by atoms with Crippen molar-refractivity contribution < 1.29 is 28.5 Å². The molecule has 1 heterocycles. The molecule has 0 fully saturated rings. The number of methoxy groups -OCH3 is 2. The fourth-order valence-corrected chi connectivity index (χ4v) is 3.19. The van der Waals surface area contributed by atoms with Gasteiger partial charge < -0.3 is 23.7 Å². The van der Waals surface area contributed by atoms with E-state index in [0.29, 0.717) is 48.4 Å². The van der Waals surface area contributed by atoms with Gasteiger partial charge in [-0.25, -0.2) is 5.43 Å². The summed E-state index contributed by atoms with van der Waals surface area (Å²) in [4.78, 5) is 12.8. The average Bonchev–Trinajstić information content (AvgIpc) is 2.78. The lowest BCUT2D eigenvalue weighted by atomic mass is 10.1. The molecular formula is C22H26N2O6. The van der Waals surface area contributed by atoms with E-state index in [1.54, 1.807) is 32.4 Å². The van der Waals surface area contributed by atoms with Crippen molar-refractivity contribution in [2.24, 2.45) is 5.10 Å². The zero-order valence-corrected chi connectivity index (χ0v) is 17.6. The first kappa shape index (κ1) is 21.4. The molecule has 0 bridgehead atoms. The summed E-state index contributed by atoms with van der Waals surface area (Å²) in [7, 11) is 3.17. The number of carbonyl (C=O) groups excluding carboxylic acids is 1. The van der Waals surface area contributed by atoms with E-state index in [0.717, 1.165) is 11.1 Å². The van der Waals surface area contributed by atoms with Gasteiger partial charge in [-0.3, -0.25) is 4.79 Å². The monoisotopic (exact) mass is 414 g/mol. The summed E-state index contributed by atoms with van der Waals surface area (Å²) < 4.78 is 27.7. The third-order valence-corrected chi connectivity index (χ3v) is 4.61. The number of nitrogens with zero attached hydrogens (tertiary/aromatic N) is 1. The molecule has 0 radical (unpaired) electrons. The van der Waals surface area contributed by atoms with Crippen LogP contribution in [0.15, 0.2) is 35.4 Å². The van der Waals surface area contributed by atoms with Crippen LogP contribution in [0.5, 0.6) is 23.0 Å². The van der Waals surface area contributed by atoms with Gasteiger partial charge in [0.15, 0.2) is 17.6 Å². The molecule has 8 nitrogen and oxygen atoms in total. The van der Waals surface area contributed by atoms with Crippen molar-refractivity contribution in [1.29, 1.82) is 0 Å². The van der Waals surface area contributed by atoms with Crippen LogP contribution in [-0.2, 0) is 9.53 Å². The van der Waals surface area contributed by atoms with E-state index in [4.69, 9.17) is 23.7 Å². The molecule has 2 aromatic rings. The lowest BCUT2D eigenvalue weighted by molar-refractivity contribution is -0.133. The van der Waals surface area contributed by atoms with Crippen LogP contribution in [0.1, 0.15) is 29.7 Å². The second-order valence-electron chi connectivity index (χ2n) is 6.49. The predicted molar refractivity (Wildman–Crippen MR) is 112 cm³/mol. The van der Waals surface area contributed by atoms with Crippen molar-refractivity contribution in [3.63, 3.8) is 0 Å². The molecule has 2 aromatic carbocycles. The Balaban J connectivity index is 1.78. The summed E-state index contributed by atoms with van der Waals surface area (Å²) >= 11 is 0. The highest BCUT2D eigenvalue weighted by atomic mass is 16.6. The van der Waals surface area contributed by atoms with E-state index >= 15 is 0 Å². The molecule has 0 saturated carbocycles. The Labute approximate surface area is 175 Å². The van der Waals surface area contributed by atoms with Gasteiger partial charge in [0.25, 0.3) is 5.91 Å². The van der Waals surface area contributed by atoms with Gasteiger partial charge in [-0.15, -0.1) is 0 Å². The van der Waals surface area contributed by atoms with Gasteiger partial charge in [0.1, 0.15) is 24.7 Å². The number of amides is 1. The van der Waals surface area contributed by atoms with Crippen molar-refractivity contribution in [3.8, 4) is 23.0 Å². The number of para-hydroxylation sites is 1. The number of carbonyl (C=O) groups is 1. The molecule has 160 valence electrons. The first-order valence-electron chi connectivity index (χ1n) is 9.64. The van der Waals surface area contributed by atoms with Crippen molar-refractivity contribution in [2.75, 3.05) is 34.0 Å². The molecule has 1 aliphatic rings. The van der Waals surface area contributed by atoms with Crippen LogP contribution in [0.25, 0.3) is 0 Å². The molecule has 1 atom stereocenters. The minimum Gasteiger partial charge on any atom is -0.496 e. The smallest absolute Gasteiger partial charge is 0.273 e. The average molecular weight is 414 g/mol. The molecule has 0 spiro atoms. The number of benzene rings is 2. The van der Waals surface area contributed by atoms with Crippen molar-refractivity contribution in [1.82, 2.24) is 5.43 Å². The maximum absolute atomic E-state index is 12.8. The van der Waals surface area contributed by atoms with Crippen LogP contribution in [0.3, 0.4) is 0 Å². The minimum atomic E-state index is -0.883. The van der Waals surface area contributed by atoms with E-state index in [1.165, 1.54) is 6.21 Å². The zero-order valence-electron chi connectivity index (χ0n) is 17.6. The van der Waals surface area contributed by atoms with Crippen LogP contribution >= 0.6 is 0 Å². The highest BCUT2D eigenvalue weighted by Crippen LogP contribution is 2.38. The van der Waals surface area contributed by atoms with Crippen LogP contribution in [0.4, 0.5) is 0 Å². The summed E-state index contributed by atoms with van der Waals surface area (Å²) in [6, 6.07) is 9.01. The number of hydrogen-bond acceptors (Lipinski definition) is 7. The summed E-state index contributed by atoms with van der Waals surface area (Å²) in [5.41, 5.74) is 4.74. The zero-order chi connectivity index (χ0) is 21.5. The molecule has 30 heavy (non-hydrogen) atoms. The first-order valence-corrected chi connectivity index (χ1v) is 9.64. The van der Waals surface area contributed by atoms with Gasteiger partial charge >= 0.3 is 0 Å². The number of ether oxygens (including phenoxy) is 5. The lowest BCUT2D eigenvalue weighted by Gasteiger charge is -2.24. The normalized spacial score (nSPS) is 13.7. The Morgan fingerprint density at radius 3 is 2.57 bits per heavy atom. The van der Waals surface area contributed by atoms with Gasteiger partial charge in [0.2, 0.25) is 0 Å². The van der Waals surface area contributed by atoms with Gasteiger partial charge in [0, 0.05) is 23.3 Å². The van der Waals surface area contributed by atoms with Crippen molar-refractivity contribution in [2.45, 2.75) is 20.0 Å². The van der Waals surface area contributed by atoms with E-state index in [9.17, 15) is 4.79 Å². The Morgan fingerprint density at radius 1 is 1.20 bits per heavy atom. The Kier molecular flexibility index (Phi) is 7.13. The molecular weight excluding hydrogens is 388 g/mol. The third kappa shape index (κ3) is 4.65. The van der Waals surface area contributed by atoms with E-state index < -0.39 is 12.0 Å². The highest BCUT2D eigenvalue weighted by Gasteiger charge is 2.28. The van der Waals surface area contributed by atoms with E-state index in [2.05, 4.69) is 10.5 Å². The van der Waals surface area contributed by atoms with Crippen molar-refractivity contribution >= 4 is 12.1 Å². The lowest BCUT2D eigenvalue weighted by Crippen LogP contribution is -2.28. The van der Waals surface area contributed by atoms with E-state index in [1.807, 2.05) is 26.0 Å². The first-order chi connectivity index (χ1) is 14.6. The second kappa shape index (κ2) is 9.98. The standard InChI is InChI=1S/C22H26N2O6/c1-5-28-21(16-7-6-8-17-20(16)30-10-9-29-17)22(25)24-23-13-15-11-18(26-3)14(2)19(12-15)27-4/h6-8,11-13,21H,5,9-10H2,1-4H3,(H,24,25)/b23-13+. The van der Waals surface area contributed by atoms with Crippen molar-refractivity contribution in [3.05, 3.63) is 47.0 Å². The number of hydrogen-bond donors (Lipinski definition) is 1. The summed E-state index contributed by atoms with van der Waals surface area (Å²) in [6.07, 6.45) is 0.636. The molecule has 1 aliphatic heterocycles. The predicted octanol–water partition coefficient (Wildman–Crippen LogP) is 3.01. The topological polar surface area (TPSA) is 87.6 Å². The third-order valence-electron chi connectivity index (χ3n) is 4.61. The summed E-state index contributed by atoms with van der Waals surface area (Å²) in [5, 5.41) is 4.08. The van der Waals surface area contributed by atoms with Gasteiger partial charge in [-0.05, 0) is 32.0 Å². The maximum Gasteiger partial charge on any atom is 0.273 e. The molecule has 3 rings (SSSR count). The fourth-order valence-electron chi connectivity index (χ4n) is 3.19. The van der Waals surface area contributed by atoms with Crippen LogP contribution in [0.2, 0.25) is 0 Å². The Morgan fingerprint density at radius 2 is 1.90 bits per heavy atom. The fraction of sp³-hybridized carbons (Fsp3) is 0.364. The summed E-state index contributed by atoms with van der Waals surface area (Å²) in [6.45, 7) is 4.95. The Bertz CT molecular complexity index is 903. The van der Waals surface area contributed by atoms with Crippen LogP contribution in [0, 0.1) is 6.92 Å². The maximum atomic E-state index is 12.8. The van der Waals surface area contributed by atoms with Gasteiger partial charge in [-0.2, -0.15) is 5.10 Å². The van der Waals surface area contributed by atoms with E-state index in [-0.39, 0.29) is 0 Å². The van der Waals surface area contributed by atoms with Crippen LogP contribution in [-0.4, -0.2) is 46.2 Å². The molecule has 0 aromatic heterocycles. The molecule has 0 aliphatic carbocycles. The summed E-state index contributed by atoms with van der Waals surface area (Å²) in [5.74, 6) is 2.04. The van der Waals surface area contributed by atoms with Gasteiger partial charge in [0.05, 0.1) is 20.4 Å². The molecule has 1 unspecified atom stereocenters. The van der Waals surface area contributed by atoms with Gasteiger partial charge in [-0.1, -0.05) is 12.1 Å². The quantitative estimate of drug-likeness (QED) is 0.528. The SMILES string of the molecule is CCOC(C(=O)N/N=C/c1cc(OC)c(C)c(OC)c1)c1cccc2c1OCCO2. The molecule has 1 amide bonds. The largest absolute Gasteiger partial charge is 0.496 e. The molecule has 1 N–H and O–H groups in total. The number of hydrazone groups is 1. The Hall–Kier alpha value is -3.26. The minimum absolute atomic E-state index is 0.346. The van der Waals surface area contributed by atoms with Crippen LogP contribution < -0.4 is 24.4 Å². The number of fused-ring (bicyclic) bond motifs is 1. The number of rotatable bonds is 8. The molecule has 0 saturated heterocycles. The second-order valence-corrected chi connectivity index (χ2v) is 6.49. The number of nitrogens with one attached hydrogen (secondary N) is 1. The highest BCUT2D eigenvalue weighted by molar-refractivity contribution is 5.86.